The van der Waals surface area contributed by atoms with Gasteiger partial charge in [0.05, 0.1) is 16.9 Å². The SMILES string of the molecule is Cn1ncc(Cl)c1-c1coc(C(=O)NCl)c1. The van der Waals surface area contributed by atoms with Gasteiger partial charge in [0, 0.05) is 24.4 Å². The van der Waals surface area contributed by atoms with Crippen molar-refractivity contribution in [2.75, 3.05) is 0 Å². The van der Waals surface area contributed by atoms with Crippen LogP contribution >= 0.6 is 23.4 Å². The summed E-state index contributed by atoms with van der Waals surface area (Å²) in [4.78, 5) is 13.1. The highest BCUT2D eigenvalue weighted by molar-refractivity contribution is 6.33. The van der Waals surface area contributed by atoms with Crippen molar-refractivity contribution in [2.24, 2.45) is 7.05 Å². The number of furan rings is 1. The van der Waals surface area contributed by atoms with Crippen molar-refractivity contribution in [1.29, 1.82) is 0 Å². The standard InChI is InChI=1S/C9H7Cl2N3O2/c1-14-8(6(10)3-12-14)5-2-7(16-4-5)9(15)13-11/h2-4H,1H3,(H,13,15). The van der Waals surface area contributed by atoms with Crippen LogP contribution in [-0.4, -0.2) is 15.7 Å². The van der Waals surface area contributed by atoms with Crippen LogP contribution in [0.1, 0.15) is 10.6 Å². The molecule has 0 bridgehead atoms. The number of hydrogen-bond acceptors (Lipinski definition) is 3. The molecule has 0 spiro atoms. The van der Waals surface area contributed by atoms with Crippen LogP contribution < -0.4 is 4.84 Å². The Morgan fingerprint density at radius 3 is 2.94 bits per heavy atom. The molecule has 1 amide bonds. The summed E-state index contributed by atoms with van der Waals surface area (Å²) in [5.41, 5.74) is 1.35. The molecule has 0 saturated heterocycles. The van der Waals surface area contributed by atoms with Crippen LogP contribution in [0.3, 0.4) is 0 Å². The molecule has 2 heterocycles. The van der Waals surface area contributed by atoms with Crippen LogP contribution in [0.2, 0.25) is 5.02 Å². The zero-order valence-electron chi connectivity index (χ0n) is 8.20. The monoisotopic (exact) mass is 259 g/mol. The fourth-order valence-electron chi connectivity index (χ4n) is 1.36. The molecule has 2 aromatic heterocycles. The number of hydrogen-bond donors (Lipinski definition) is 1. The number of carbonyl (C=O) groups excluding carboxylic acids is 1. The number of amides is 1. The van der Waals surface area contributed by atoms with Gasteiger partial charge in [-0.1, -0.05) is 11.6 Å². The predicted molar refractivity (Wildman–Crippen MR) is 59.2 cm³/mol. The van der Waals surface area contributed by atoms with Crippen LogP contribution in [0.5, 0.6) is 0 Å². The van der Waals surface area contributed by atoms with E-state index in [0.29, 0.717) is 16.3 Å². The van der Waals surface area contributed by atoms with Crippen molar-refractivity contribution < 1.29 is 9.21 Å². The Balaban J connectivity index is 2.43. The van der Waals surface area contributed by atoms with Gasteiger partial charge >= 0.3 is 5.91 Å². The number of nitrogens with one attached hydrogen (secondary N) is 1. The first-order chi connectivity index (χ1) is 7.63. The maximum Gasteiger partial charge on any atom is 0.301 e. The average Bonchev–Trinajstić information content (AvgIpc) is 2.85. The number of carbonyl (C=O) groups is 1. The van der Waals surface area contributed by atoms with E-state index < -0.39 is 5.91 Å². The molecule has 2 aromatic rings. The molecule has 7 heteroatoms. The van der Waals surface area contributed by atoms with Crippen molar-refractivity contribution in [1.82, 2.24) is 14.6 Å². The third kappa shape index (κ3) is 1.79. The Bertz CT molecular complexity index is 513. The van der Waals surface area contributed by atoms with E-state index in [4.69, 9.17) is 27.8 Å². The maximum atomic E-state index is 11.2. The lowest BCUT2D eigenvalue weighted by molar-refractivity contribution is 0.0955. The fourth-order valence-corrected chi connectivity index (χ4v) is 1.73. The summed E-state index contributed by atoms with van der Waals surface area (Å²) in [5, 5.41) is 4.47. The van der Waals surface area contributed by atoms with Gasteiger partial charge in [-0.05, 0) is 6.07 Å². The first kappa shape index (κ1) is 11.0. The summed E-state index contributed by atoms with van der Waals surface area (Å²) >= 11 is 11.1. The topological polar surface area (TPSA) is 60.1 Å². The molecular weight excluding hydrogens is 253 g/mol. The van der Waals surface area contributed by atoms with Gasteiger partial charge in [0.15, 0.2) is 5.76 Å². The fraction of sp³-hybridized carbons (Fsp3) is 0.111. The first-order valence-electron chi connectivity index (χ1n) is 4.31. The van der Waals surface area contributed by atoms with Gasteiger partial charge < -0.3 is 4.42 Å². The second-order valence-corrected chi connectivity index (χ2v) is 3.68. The second kappa shape index (κ2) is 4.19. The summed E-state index contributed by atoms with van der Waals surface area (Å²) in [7, 11) is 1.75. The molecule has 84 valence electrons. The van der Waals surface area contributed by atoms with E-state index in [9.17, 15) is 4.79 Å². The maximum absolute atomic E-state index is 11.2. The lowest BCUT2D eigenvalue weighted by atomic mass is 10.2. The molecule has 0 aliphatic rings. The van der Waals surface area contributed by atoms with Crippen molar-refractivity contribution in [3.05, 3.63) is 29.3 Å². The van der Waals surface area contributed by atoms with Crippen LogP contribution in [0.25, 0.3) is 11.3 Å². The molecule has 0 unspecified atom stereocenters. The van der Waals surface area contributed by atoms with E-state index in [-0.39, 0.29) is 5.76 Å². The van der Waals surface area contributed by atoms with Gasteiger partial charge in [-0.2, -0.15) is 5.10 Å². The second-order valence-electron chi connectivity index (χ2n) is 3.09. The summed E-state index contributed by atoms with van der Waals surface area (Å²) in [6, 6.07) is 1.54. The number of halogens is 2. The minimum absolute atomic E-state index is 0.113. The minimum Gasteiger partial charge on any atom is -0.458 e. The quantitative estimate of drug-likeness (QED) is 0.842. The molecular formula is C9H7Cl2N3O2. The number of rotatable bonds is 2. The van der Waals surface area contributed by atoms with Gasteiger partial charge in [0.1, 0.15) is 6.26 Å². The zero-order valence-corrected chi connectivity index (χ0v) is 9.71. The molecule has 2 rings (SSSR count). The summed E-state index contributed by atoms with van der Waals surface area (Å²) in [6.45, 7) is 0. The third-order valence-corrected chi connectivity index (χ3v) is 2.52. The highest BCUT2D eigenvalue weighted by Gasteiger charge is 2.15. The molecule has 1 N–H and O–H groups in total. The van der Waals surface area contributed by atoms with Gasteiger partial charge in [-0.15, -0.1) is 0 Å². The van der Waals surface area contributed by atoms with Crippen LogP contribution in [-0.2, 0) is 7.05 Å². The van der Waals surface area contributed by atoms with Crippen molar-refractivity contribution >= 4 is 29.3 Å². The number of aromatic nitrogens is 2. The molecule has 0 saturated carbocycles. The molecule has 0 aliphatic carbocycles. The van der Waals surface area contributed by atoms with E-state index in [0.717, 1.165) is 0 Å². The molecule has 0 aliphatic heterocycles. The summed E-state index contributed by atoms with van der Waals surface area (Å²) in [5.74, 6) is -0.395. The van der Waals surface area contributed by atoms with E-state index >= 15 is 0 Å². The molecule has 5 nitrogen and oxygen atoms in total. The third-order valence-electron chi connectivity index (χ3n) is 2.08. The Hall–Kier alpha value is -1.46. The molecule has 0 atom stereocenters. The Kier molecular flexibility index (Phi) is 2.89. The van der Waals surface area contributed by atoms with Gasteiger partial charge in [0.25, 0.3) is 0 Å². The predicted octanol–water partition coefficient (Wildman–Crippen LogP) is 2.22. The van der Waals surface area contributed by atoms with Crippen molar-refractivity contribution in [3.8, 4) is 11.3 Å². The van der Waals surface area contributed by atoms with Crippen LogP contribution in [0.15, 0.2) is 22.9 Å². The van der Waals surface area contributed by atoms with E-state index in [1.165, 1.54) is 12.5 Å². The van der Waals surface area contributed by atoms with Gasteiger partial charge in [-0.3, -0.25) is 14.3 Å². The number of nitrogens with zero attached hydrogens (tertiary/aromatic N) is 2. The normalized spacial score (nSPS) is 10.4. The average molecular weight is 260 g/mol. The molecule has 0 radical (unpaired) electrons. The highest BCUT2D eigenvalue weighted by atomic mass is 35.5. The molecule has 0 fully saturated rings. The van der Waals surface area contributed by atoms with E-state index in [1.807, 2.05) is 4.84 Å². The van der Waals surface area contributed by atoms with E-state index in [2.05, 4.69) is 5.10 Å². The van der Waals surface area contributed by atoms with E-state index in [1.54, 1.807) is 17.8 Å². The van der Waals surface area contributed by atoms with Crippen LogP contribution in [0.4, 0.5) is 0 Å². The zero-order chi connectivity index (χ0) is 11.7. The lowest BCUT2D eigenvalue weighted by Crippen LogP contribution is -2.10. The van der Waals surface area contributed by atoms with Gasteiger partial charge in [0.2, 0.25) is 0 Å². The highest BCUT2D eigenvalue weighted by Crippen LogP contribution is 2.28. The molecule has 0 aromatic carbocycles. The van der Waals surface area contributed by atoms with Gasteiger partial charge in [-0.25, -0.2) is 0 Å². The Labute approximate surface area is 101 Å². The van der Waals surface area contributed by atoms with Crippen LogP contribution in [0, 0.1) is 0 Å². The summed E-state index contributed by atoms with van der Waals surface area (Å²) in [6.07, 6.45) is 2.94. The largest absolute Gasteiger partial charge is 0.458 e. The smallest absolute Gasteiger partial charge is 0.301 e. The molecule has 16 heavy (non-hydrogen) atoms. The van der Waals surface area contributed by atoms with Crippen molar-refractivity contribution in [3.63, 3.8) is 0 Å². The number of aryl methyl sites for hydroxylation is 1. The lowest BCUT2D eigenvalue weighted by Gasteiger charge is -1.97. The van der Waals surface area contributed by atoms with Crippen molar-refractivity contribution in [2.45, 2.75) is 0 Å². The minimum atomic E-state index is -0.508. The Morgan fingerprint density at radius 2 is 2.38 bits per heavy atom. The first-order valence-corrected chi connectivity index (χ1v) is 5.06. The Morgan fingerprint density at radius 1 is 1.62 bits per heavy atom. The summed E-state index contributed by atoms with van der Waals surface area (Å²) < 4.78 is 6.65.